The fourth-order valence-corrected chi connectivity index (χ4v) is 4.59. The fraction of sp³-hybridized carbons (Fsp3) is 0.261. The van der Waals surface area contributed by atoms with Gasteiger partial charge in [0.05, 0.1) is 16.2 Å². The molecule has 3 rings (SSSR count). The summed E-state index contributed by atoms with van der Waals surface area (Å²) in [4.78, 5) is 19.6. The summed E-state index contributed by atoms with van der Waals surface area (Å²) in [5, 5.41) is 9.28. The Labute approximate surface area is 192 Å². The molecule has 32 heavy (non-hydrogen) atoms. The van der Waals surface area contributed by atoms with Gasteiger partial charge in [-0.15, -0.1) is 0 Å². The monoisotopic (exact) mass is 473 g/mol. The molecule has 1 aromatic heterocycles. The zero-order chi connectivity index (χ0) is 23.6. The smallest absolute Gasteiger partial charge is 0.335 e. The number of carboxylic acid groups (broad SMARTS) is 1. The number of sulfonamides is 1. The first-order valence-corrected chi connectivity index (χ1v) is 11.8. The number of nitrogens with zero attached hydrogens (tertiary/aromatic N) is 2. The van der Waals surface area contributed by atoms with Gasteiger partial charge in [-0.25, -0.2) is 22.9 Å². The second kappa shape index (κ2) is 9.26. The number of halogens is 1. The molecule has 0 aliphatic rings. The van der Waals surface area contributed by atoms with Gasteiger partial charge in [-0.1, -0.05) is 49.7 Å². The van der Waals surface area contributed by atoms with Crippen molar-refractivity contribution in [1.29, 1.82) is 0 Å². The lowest BCUT2D eigenvalue weighted by Crippen LogP contribution is -2.16. The first-order chi connectivity index (χ1) is 15.0. The van der Waals surface area contributed by atoms with Crippen LogP contribution in [0.1, 0.15) is 40.9 Å². The van der Waals surface area contributed by atoms with Crippen molar-refractivity contribution < 1.29 is 18.3 Å². The van der Waals surface area contributed by atoms with E-state index in [1.807, 2.05) is 25.1 Å². The van der Waals surface area contributed by atoms with Crippen molar-refractivity contribution in [3.63, 3.8) is 0 Å². The summed E-state index contributed by atoms with van der Waals surface area (Å²) >= 11 is 6.36. The lowest BCUT2D eigenvalue weighted by atomic mass is 9.91. The lowest BCUT2D eigenvalue weighted by Gasteiger charge is -2.17. The first kappa shape index (κ1) is 23.7. The van der Waals surface area contributed by atoms with Crippen LogP contribution >= 0.6 is 11.6 Å². The van der Waals surface area contributed by atoms with Crippen molar-refractivity contribution in [1.82, 2.24) is 9.97 Å². The first-order valence-electron chi connectivity index (χ1n) is 9.98. The number of hydrogen-bond donors (Lipinski definition) is 2. The number of aryl methyl sites for hydroxylation is 1. The van der Waals surface area contributed by atoms with Gasteiger partial charge in [0.1, 0.15) is 5.15 Å². The van der Waals surface area contributed by atoms with E-state index in [1.54, 1.807) is 6.92 Å². The fourth-order valence-electron chi connectivity index (χ4n) is 3.43. The van der Waals surface area contributed by atoms with Crippen LogP contribution in [0.3, 0.4) is 0 Å². The maximum atomic E-state index is 12.9. The Hall–Kier alpha value is -2.97. The molecule has 2 N–H and O–H groups in total. The van der Waals surface area contributed by atoms with Gasteiger partial charge in [-0.05, 0) is 55.5 Å². The van der Waals surface area contributed by atoms with Crippen molar-refractivity contribution in [2.75, 3.05) is 4.72 Å². The number of anilines is 1. The van der Waals surface area contributed by atoms with E-state index < -0.39 is 16.0 Å². The minimum Gasteiger partial charge on any atom is -0.478 e. The summed E-state index contributed by atoms with van der Waals surface area (Å²) in [6, 6.07) is 11.0. The Morgan fingerprint density at radius 1 is 1.12 bits per heavy atom. The van der Waals surface area contributed by atoms with Crippen LogP contribution in [0.5, 0.6) is 0 Å². The summed E-state index contributed by atoms with van der Waals surface area (Å²) in [7, 11) is -4.13. The number of aromatic carboxylic acids is 1. The zero-order valence-corrected chi connectivity index (χ0v) is 19.8. The van der Waals surface area contributed by atoms with Gasteiger partial charge in [0.15, 0.2) is 0 Å². The number of benzene rings is 2. The molecule has 0 amide bonds. The topological polar surface area (TPSA) is 109 Å². The third kappa shape index (κ3) is 5.08. The molecule has 0 radical (unpaired) electrons. The molecule has 7 nitrogen and oxygen atoms in total. The second-order valence-corrected chi connectivity index (χ2v) is 10.00. The SMILES string of the molecule is Cc1cccc(CC(C)C)c1-c1nc(NS(=O)(=O)c2cccc(C(=O)O)c2)nc(Cl)c1C. The molecule has 0 saturated carbocycles. The molecule has 0 unspecified atom stereocenters. The van der Waals surface area contributed by atoms with E-state index in [-0.39, 0.29) is 21.6 Å². The number of nitrogens with one attached hydrogen (secondary N) is 1. The molecule has 0 saturated heterocycles. The summed E-state index contributed by atoms with van der Waals surface area (Å²) in [5.41, 5.74) is 4.02. The minimum absolute atomic E-state index is 0.130. The molecule has 0 bridgehead atoms. The van der Waals surface area contributed by atoms with Crippen LogP contribution in [-0.4, -0.2) is 29.5 Å². The molecule has 0 fully saturated rings. The molecule has 2 aromatic carbocycles. The second-order valence-electron chi connectivity index (χ2n) is 7.96. The quantitative estimate of drug-likeness (QED) is 0.461. The van der Waals surface area contributed by atoms with Gasteiger partial charge in [-0.2, -0.15) is 4.98 Å². The van der Waals surface area contributed by atoms with Gasteiger partial charge in [0.25, 0.3) is 10.0 Å². The summed E-state index contributed by atoms with van der Waals surface area (Å²) in [6.45, 7) is 8.00. The highest BCUT2D eigenvalue weighted by atomic mass is 35.5. The standard InChI is InChI=1S/C23H24ClN3O4S/c1-13(2)11-16-8-5-7-14(3)19(16)20-15(4)21(24)26-23(25-20)27-32(30,31)18-10-6-9-17(12-18)22(28)29/h5-10,12-13H,11H2,1-4H3,(H,28,29)(H,25,26,27). The largest absolute Gasteiger partial charge is 0.478 e. The van der Waals surface area contributed by atoms with Crippen molar-refractivity contribution in [3.05, 3.63) is 69.9 Å². The van der Waals surface area contributed by atoms with Gasteiger partial charge in [0.2, 0.25) is 5.95 Å². The Morgan fingerprint density at radius 2 is 1.81 bits per heavy atom. The van der Waals surface area contributed by atoms with Crippen molar-refractivity contribution in [2.45, 2.75) is 39.0 Å². The number of rotatable bonds is 7. The van der Waals surface area contributed by atoms with Crippen molar-refractivity contribution in [2.24, 2.45) is 5.92 Å². The highest BCUT2D eigenvalue weighted by Gasteiger charge is 2.21. The van der Waals surface area contributed by atoms with Crippen LogP contribution in [0.15, 0.2) is 47.4 Å². The Balaban J connectivity index is 2.09. The van der Waals surface area contributed by atoms with Crippen LogP contribution in [0, 0.1) is 19.8 Å². The molecule has 9 heteroatoms. The summed E-state index contributed by atoms with van der Waals surface area (Å²) < 4.78 is 28.1. The van der Waals surface area contributed by atoms with Gasteiger partial charge in [0, 0.05) is 11.1 Å². The van der Waals surface area contributed by atoms with E-state index in [9.17, 15) is 13.2 Å². The van der Waals surface area contributed by atoms with Crippen LogP contribution in [0.2, 0.25) is 5.15 Å². The van der Waals surface area contributed by atoms with Gasteiger partial charge < -0.3 is 5.11 Å². The van der Waals surface area contributed by atoms with E-state index >= 15 is 0 Å². The molecule has 0 spiro atoms. The number of carboxylic acids is 1. The minimum atomic E-state index is -4.13. The maximum Gasteiger partial charge on any atom is 0.335 e. The lowest BCUT2D eigenvalue weighted by molar-refractivity contribution is 0.0696. The van der Waals surface area contributed by atoms with Gasteiger partial charge >= 0.3 is 5.97 Å². The molecule has 0 atom stereocenters. The molecule has 168 valence electrons. The predicted molar refractivity (Wildman–Crippen MR) is 125 cm³/mol. The third-order valence-electron chi connectivity index (χ3n) is 4.93. The van der Waals surface area contributed by atoms with Crippen LogP contribution < -0.4 is 4.72 Å². The molecular formula is C23H24ClN3O4S. The van der Waals surface area contributed by atoms with Crippen molar-refractivity contribution in [3.8, 4) is 11.3 Å². The summed E-state index contributed by atoms with van der Waals surface area (Å²) in [5.74, 6) is -1.00. The third-order valence-corrected chi connectivity index (χ3v) is 6.62. The van der Waals surface area contributed by atoms with E-state index in [4.69, 9.17) is 16.7 Å². The number of hydrogen-bond acceptors (Lipinski definition) is 5. The molecular weight excluding hydrogens is 450 g/mol. The van der Waals surface area contributed by atoms with E-state index in [0.29, 0.717) is 17.2 Å². The van der Waals surface area contributed by atoms with E-state index in [1.165, 1.54) is 18.2 Å². The molecule has 1 heterocycles. The highest BCUT2D eigenvalue weighted by molar-refractivity contribution is 7.92. The molecule has 3 aromatic rings. The number of carbonyl (C=O) groups is 1. The van der Waals surface area contributed by atoms with Crippen LogP contribution in [-0.2, 0) is 16.4 Å². The summed E-state index contributed by atoms with van der Waals surface area (Å²) in [6.07, 6.45) is 0.821. The predicted octanol–water partition coefficient (Wildman–Crippen LogP) is 5.11. The Kier molecular flexibility index (Phi) is 6.85. The maximum absolute atomic E-state index is 12.9. The van der Waals surface area contributed by atoms with Crippen LogP contribution in [0.4, 0.5) is 5.95 Å². The van der Waals surface area contributed by atoms with E-state index in [0.717, 1.165) is 29.2 Å². The Morgan fingerprint density at radius 3 is 2.47 bits per heavy atom. The average Bonchev–Trinajstić information content (AvgIpc) is 2.70. The normalized spacial score (nSPS) is 11.6. The zero-order valence-electron chi connectivity index (χ0n) is 18.2. The average molecular weight is 474 g/mol. The Bertz CT molecular complexity index is 1290. The molecule has 0 aliphatic heterocycles. The van der Waals surface area contributed by atoms with Crippen molar-refractivity contribution >= 4 is 33.5 Å². The highest BCUT2D eigenvalue weighted by Crippen LogP contribution is 2.33. The molecule has 0 aliphatic carbocycles. The van der Waals surface area contributed by atoms with E-state index in [2.05, 4.69) is 28.5 Å². The number of aromatic nitrogens is 2. The van der Waals surface area contributed by atoms with Crippen LogP contribution in [0.25, 0.3) is 11.3 Å². The van der Waals surface area contributed by atoms with Gasteiger partial charge in [-0.3, -0.25) is 0 Å².